The van der Waals surface area contributed by atoms with E-state index in [1.165, 1.54) is 4.88 Å². The fourth-order valence-corrected chi connectivity index (χ4v) is 5.56. The van der Waals surface area contributed by atoms with Gasteiger partial charge in [-0.25, -0.2) is 0 Å². The van der Waals surface area contributed by atoms with E-state index in [1.54, 1.807) is 22.1 Å². The average molecular weight is 467 g/mol. The molecule has 0 radical (unpaired) electrons. The lowest BCUT2D eigenvalue weighted by atomic mass is 9.98. The van der Waals surface area contributed by atoms with Crippen LogP contribution >= 0.6 is 11.3 Å². The standard InChI is InChI=1S/C25H26N2O5S/c1-14-5-4-7-18-21(14)15(11-16-8-9-20(33-16)17-6-2-3-10-26-17)12-27(18)25-24(31)23(30)22(29)19(13-28)32-25/h2-10,12,19,22-25,28-31H,11,13H2,1H3/t19-,22-,23+,24-,25-/m1/s1. The topological polar surface area (TPSA) is 108 Å². The minimum absolute atomic E-state index is 0.460. The molecule has 4 aromatic rings. The summed E-state index contributed by atoms with van der Waals surface area (Å²) in [7, 11) is 0. The van der Waals surface area contributed by atoms with E-state index in [0.717, 1.165) is 32.6 Å². The fraction of sp³-hybridized carbons (Fsp3) is 0.320. The number of aliphatic hydroxyl groups is 4. The Morgan fingerprint density at radius 2 is 1.85 bits per heavy atom. The Morgan fingerprint density at radius 3 is 2.61 bits per heavy atom. The molecule has 1 fully saturated rings. The van der Waals surface area contributed by atoms with Crippen molar-refractivity contribution in [1.29, 1.82) is 0 Å². The van der Waals surface area contributed by atoms with Gasteiger partial charge in [-0.05, 0) is 48.4 Å². The molecule has 0 bridgehead atoms. The van der Waals surface area contributed by atoms with E-state index in [4.69, 9.17) is 4.74 Å². The predicted molar refractivity (Wildman–Crippen MR) is 126 cm³/mol. The average Bonchev–Trinajstić information content (AvgIpc) is 3.44. The number of aliphatic hydroxyl groups excluding tert-OH is 4. The molecule has 5 rings (SSSR count). The van der Waals surface area contributed by atoms with Crippen molar-refractivity contribution in [3.63, 3.8) is 0 Å². The molecule has 5 atom stereocenters. The molecule has 3 aromatic heterocycles. The first-order valence-corrected chi connectivity index (χ1v) is 11.7. The van der Waals surface area contributed by atoms with E-state index in [9.17, 15) is 20.4 Å². The van der Waals surface area contributed by atoms with Crippen LogP contribution in [0.25, 0.3) is 21.5 Å². The molecule has 1 saturated heterocycles. The molecule has 4 N–H and O–H groups in total. The highest BCUT2D eigenvalue weighted by molar-refractivity contribution is 7.15. The van der Waals surface area contributed by atoms with Gasteiger partial charge in [0.15, 0.2) is 6.23 Å². The molecular formula is C25H26N2O5S. The molecule has 0 saturated carbocycles. The van der Waals surface area contributed by atoms with E-state index in [1.807, 2.05) is 49.5 Å². The summed E-state index contributed by atoms with van der Waals surface area (Å²) in [5.74, 6) is 0. The minimum Gasteiger partial charge on any atom is -0.394 e. The molecular weight excluding hydrogens is 440 g/mol. The van der Waals surface area contributed by atoms with Gasteiger partial charge in [-0.3, -0.25) is 4.98 Å². The van der Waals surface area contributed by atoms with Gasteiger partial charge in [0.25, 0.3) is 0 Å². The molecule has 172 valence electrons. The Morgan fingerprint density at radius 1 is 1.00 bits per heavy atom. The molecule has 1 aromatic carbocycles. The van der Waals surface area contributed by atoms with Crippen LogP contribution in [0.1, 0.15) is 22.2 Å². The number of aromatic nitrogens is 2. The molecule has 0 spiro atoms. The number of thiophene rings is 1. The van der Waals surface area contributed by atoms with Gasteiger partial charge < -0.3 is 29.7 Å². The first-order valence-electron chi connectivity index (χ1n) is 10.9. The molecule has 1 aliphatic rings. The van der Waals surface area contributed by atoms with Gasteiger partial charge in [-0.2, -0.15) is 0 Å². The summed E-state index contributed by atoms with van der Waals surface area (Å²) in [5.41, 5.74) is 3.95. The molecule has 33 heavy (non-hydrogen) atoms. The van der Waals surface area contributed by atoms with E-state index in [2.05, 4.69) is 17.1 Å². The number of ether oxygens (including phenoxy) is 1. The second-order valence-corrected chi connectivity index (χ2v) is 9.58. The molecule has 0 aliphatic carbocycles. The van der Waals surface area contributed by atoms with E-state index < -0.39 is 37.3 Å². The normalized spacial score (nSPS) is 25.5. The maximum absolute atomic E-state index is 10.7. The van der Waals surface area contributed by atoms with E-state index in [-0.39, 0.29) is 0 Å². The Bertz CT molecular complexity index is 1250. The van der Waals surface area contributed by atoms with Gasteiger partial charge >= 0.3 is 0 Å². The smallest absolute Gasteiger partial charge is 0.163 e. The van der Waals surface area contributed by atoms with Gasteiger partial charge in [-0.15, -0.1) is 11.3 Å². The molecule has 8 heteroatoms. The lowest BCUT2D eigenvalue weighted by molar-refractivity contribution is -0.250. The number of aryl methyl sites for hydroxylation is 1. The third kappa shape index (κ3) is 3.99. The van der Waals surface area contributed by atoms with Crippen molar-refractivity contribution < 1.29 is 25.2 Å². The van der Waals surface area contributed by atoms with Gasteiger partial charge in [-0.1, -0.05) is 18.2 Å². The first kappa shape index (κ1) is 22.2. The summed E-state index contributed by atoms with van der Waals surface area (Å²) in [6, 6.07) is 16.0. The number of pyridine rings is 1. The summed E-state index contributed by atoms with van der Waals surface area (Å²) in [4.78, 5) is 6.70. The highest BCUT2D eigenvalue weighted by Gasteiger charge is 2.44. The monoisotopic (exact) mass is 466 g/mol. The quantitative estimate of drug-likeness (QED) is 0.360. The van der Waals surface area contributed by atoms with Crippen molar-refractivity contribution in [1.82, 2.24) is 9.55 Å². The molecule has 1 aliphatic heterocycles. The number of rotatable bonds is 5. The van der Waals surface area contributed by atoms with Crippen LogP contribution in [0, 0.1) is 6.92 Å². The first-order chi connectivity index (χ1) is 16.0. The van der Waals surface area contributed by atoms with Gasteiger partial charge in [0.2, 0.25) is 0 Å². The third-order valence-corrected chi connectivity index (χ3v) is 7.34. The van der Waals surface area contributed by atoms with Crippen LogP contribution in [-0.4, -0.2) is 61.0 Å². The van der Waals surface area contributed by atoms with Crippen LogP contribution in [0.15, 0.2) is 60.9 Å². The number of fused-ring (bicyclic) bond motifs is 1. The number of hydrogen-bond acceptors (Lipinski definition) is 7. The Labute approximate surface area is 195 Å². The number of hydrogen-bond donors (Lipinski definition) is 4. The van der Waals surface area contributed by atoms with E-state index >= 15 is 0 Å². The van der Waals surface area contributed by atoms with Crippen molar-refractivity contribution in [2.75, 3.05) is 6.61 Å². The predicted octanol–water partition coefficient (Wildman–Crippen LogP) is 2.64. The second-order valence-electron chi connectivity index (χ2n) is 8.41. The zero-order valence-corrected chi connectivity index (χ0v) is 18.9. The summed E-state index contributed by atoms with van der Waals surface area (Å²) in [6.45, 7) is 1.58. The van der Waals surface area contributed by atoms with Crippen LogP contribution in [0.4, 0.5) is 0 Å². The van der Waals surface area contributed by atoms with Crippen molar-refractivity contribution >= 4 is 22.2 Å². The Kier molecular flexibility index (Phi) is 6.05. The molecule has 7 nitrogen and oxygen atoms in total. The molecule has 0 amide bonds. The fourth-order valence-electron chi connectivity index (χ4n) is 4.55. The Balaban J connectivity index is 1.53. The van der Waals surface area contributed by atoms with Crippen LogP contribution < -0.4 is 0 Å². The van der Waals surface area contributed by atoms with Crippen molar-refractivity contribution in [3.8, 4) is 10.6 Å². The second kappa shape index (κ2) is 8.98. The van der Waals surface area contributed by atoms with Crippen LogP contribution in [-0.2, 0) is 11.2 Å². The molecule has 4 heterocycles. The largest absolute Gasteiger partial charge is 0.394 e. The van der Waals surface area contributed by atoms with Crippen molar-refractivity contribution in [2.24, 2.45) is 0 Å². The van der Waals surface area contributed by atoms with Crippen LogP contribution in [0.5, 0.6) is 0 Å². The summed E-state index contributed by atoms with van der Waals surface area (Å²) >= 11 is 1.69. The lowest BCUT2D eigenvalue weighted by Crippen LogP contribution is -2.56. The SMILES string of the molecule is Cc1cccc2c1c(Cc1ccc(-c3ccccn3)s1)cn2[C@@H]1O[C@H](CO)[C@@H](O)[C@H](O)[C@H]1O. The van der Waals surface area contributed by atoms with Crippen LogP contribution in [0.3, 0.4) is 0 Å². The number of nitrogens with zero attached hydrogens (tertiary/aromatic N) is 2. The summed E-state index contributed by atoms with van der Waals surface area (Å²) in [6.07, 6.45) is -1.65. The minimum atomic E-state index is -1.43. The van der Waals surface area contributed by atoms with Crippen molar-refractivity contribution in [3.05, 3.63) is 76.9 Å². The van der Waals surface area contributed by atoms with Gasteiger partial charge in [0, 0.05) is 29.1 Å². The van der Waals surface area contributed by atoms with E-state index in [0.29, 0.717) is 6.42 Å². The zero-order chi connectivity index (χ0) is 23.1. The van der Waals surface area contributed by atoms with Crippen LogP contribution in [0.2, 0.25) is 0 Å². The highest BCUT2D eigenvalue weighted by atomic mass is 32.1. The third-order valence-electron chi connectivity index (χ3n) is 6.23. The number of benzene rings is 1. The highest BCUT2D eigenvalue weighted by Crippen LogP contribution is 2.36. The van der Waals surface area contributed by atoms with Crippen molar-refractivity contribution in [2.45, 2.75) is 44.0 Å². The van der Waals surface area contributed by atoms with Gasteiger partial charge in [0.1, 0.15) is 24.4 Å². The maximum Gasteiger partial charge on any atom is 0.163 e. The Hall–Kier alpha value is -2.59. The summed E-state index contributed by atoms with van der Waals surface area (Å²) in [5, 5.41) is 41.8. The zero-order valence-electron chi connectivity index (χ0n) is 18.1. The summed E-state index contributed by atoms with van der Waals surface area (Å²) < 4.78 is 7.64. The maximum atomic E-state index is 10.7. The lowest BCUT2D eigenvalue weighted by Gasteiger charge is -2.40. The molecule has 0 unspecified atom stereocenters. The van der Waals surface area contributed by atoms with Gasteiger partial charge in [0.05, 0.1) is 22.7 Å².